The number of carbonyl (C=O) groups is 2. The van der Waals surface area contributed by atoms with Gasteiger partial charge in [0, 0.05) is 11.1 Å². The lowest BCUT2D eigenvalue weighted by Crippen LogP contribution is -2.40. The summed E-state index contributed by atoms with van der Waals surface area (Å²) in [6, 6.07) is 12.2. The standard InChI is InChI=1S/C17H14Cl2N2O2/c1-11-3-2-4-12(9-11)5-8-16(22)20-21-17(23)14-10-13(18)6-7-15(14)19/h2-10H,1H3,(H,20,22)(H,21,23)/b8-5+. The van der Waals surface area contributed by atoms with Crippen molar-refractivity contribution in [3.05, 3.63) is 75.3 Å². The van der Waals surface area contributed by atoms with Crippen LogP contribution < -0.4 is 10.9 Å². The van der Waals surface area contributed by atoms with Crippen molar-refractivity contribution in [1.29, 1.82) is 0 Å². The van der Waals surface area contributed by atoms with Gasteiger partial charge in [0.1, 0.15) is 0 Å². The number of nitrogens with one attached hydrogen (secondary N) is 2. The SMILES string of the molecule is Cc1cccc(/C=C/C(=O)NNC(=O)c2cc(Cl)ccc2Cl)c1. The van der Waals surface area contributed by atoms with Crippen LogP contribution in [0.15, 0.2) is 48.5 Å². The minimum Gasteiger partial charge on any atom is -0.268 e. The van der Waals surface area contributed by atoms with Gasteiger partial charge in [-0.1, -0.05) is 53.0 Å². The number of aryl methyl sites for hydroxylation is 1. The van der Waals surface area contributed by atoms with Crippen LogP contribution in [0.1, 0.15) is 21.5 Å². The summed E-state index contributed by atoms with van der Waals surface area (Å²) < 4.78 is 0. The lowest BCUT2D eigenvalue weighted by atomic mass is 10.1. The van der Waals surface area contributed by atoms with Gasteiger partial charge in [0.2, 0.25) is 0 Å². The van der Waals surface area contributed by atoms with Gasteiger partial charge < -0.3 is 0 Å². The van der Waals surface area contributed by atoms with Gasteiger partial charge in [-0.3, -0.25) is 20.4 Å². The summed E-state index contributed by atoms with van der Waals surface area (Å²) in [6.45, 7) is 1.96. The van der Waals surface area contributed by atoms with E-state index >= 15 is 0 Å². The molecule has 118 valence electrons. The molecule has 0 radical (unpaired) electrons. The highest BCUT2D eigenvalue weighted by molar-refractivity contribution is 6.35. The van der Waals surface area contributed by atoms with Crippen molar-refractivity contribution in [3.8, 4) is 0 Å². The third kappa shape index (κ3) is 5.13. The molecule has 2 aromatic rings. The lowest BCUT2D eigenvalue weighted by Gasteiger charge is -2.07. The van der Waals surface area contributed by atoms with Crippen molar-refractivity contribution >= 4 is 41.1 Å². The Labute approximate surface area is 144 Å². The molecule has 0 aromatic heterocycles. The first-order valence-electron chi connectivity index (χ1n) is 6.76. The zero-order valence-corrected chi connectivity index (χ0v) is 13.8. The highest BCUT2D eigenvalue weighted by atomic mass is 35.5. The summed E-state index contributed by atoms with van der Waals surface area (Å²) in [5.41, 5.74) is 6.74. The second kappa shape index (κ2) is 7.81. The smallest absolute Gasteiger partial charge is 0.268 e. The summed E-state index contributed by atoms with van der Waals surface area (Å²) in [5, 5.41) is 0.627. The van der Waals surface area contributed by atoms with E-state index in [0.717, 1.165) is 11.1 Å². The van der Waals surface area contributed by atoms with Crippen LogP contribution in [-0.2, 0) is 4.79 Å². The third-order valence-electron chi connectivity index (χ3n) is 2.94. The molecule has 6 heteroatoms. The molecule has 2 amide bonds. The molecule has 4 nitrogen and oxygen atoms in total. The van der Waals surface area contributed by atoms with E-state index in [0.29, 0.717) is 5.02 Å². The van der Waals surface area contributed by atoms with E-state index in [-0.39, 0.29) is 10.6 Å². The maximum absolute atomic E-state index is 11.9. The van der Waals surface area contributed by atoms with Crippen LogP contribution in [-0.4, -0.2) is 11.8 Å². The van der Waals surface area contributed by atoms with E-state index < -0.39 is 11.8 Å². The van der Waals surface area contributed by atoms with Crippen molar-refractivity contribution in [2.75, 3.05) is 0 Å². The van der Waals surface area contributed by atoms with Gasteiger partial charge in [0.25, 0.3) is 11.8 Å². The van der Waals surface area contributed by atoms with E-state index in [9.17, 15) is 9.59 Å². The van der Waals surface area contributed by atoms with Gasteiger partial charge in [0.15, 0.2) is 0 Å². The van der Waals surface area contributed by atoms with Crippen molar-refractivity contribution in [2.45, 2.75) is 6.92 Å². The molecule has 0 aliphatic heterocycles. The summed E-state index contributed by atoms with van der Waals surface area (Å²) in [5.74, 6) is -1.01. The Morgan fingerprint density at radius 2 is 1.83 bits per heavy atom. The Hall–Kier alpha value is -2.30. The van der Waals surface area contributed by atoms with Crippen LogP contribution in [0.5, 0.6) is 0 Å². The largest absolute Gasteiger partial charge is 0.271 e. The minimum absolute atomic E-state index is 0.183. The van der Waals surface area contributed by atoms with Gasteiger partial charge in [0.05, 0.1) is 10.6 Å². The Morgan fingerprint density at radius 1 is 1.04 bits per heavy atom. The van der Waals surface area contributed by atoms with E-state index in [1.54, 1.807) is 12.1 Å². The van der Waals surface area contributed by atoms with E-state index in [1.807, 2.05) is 31.2 Å². The van der Waals surface area contributed by atoms with E-state index in [2.05, 4.69) is 10.9 Å². The van der Waals surface area contributed by atoms with Gasteiger partial charge in [-0.15, -0.1) is 0 Å². The zero-order valence-electron chi connectivity index (χ0n) is 12.3. The van der Waals surface area contributed by atoms with Crippen LogP contribution in [0.25, 0.3) is 6.08 Å². The summed E-state index contributed by atoms with van der Waals surface area (Å²) >= 11 is 11.7. The number of hydrazine groups is 1. The van der Waals surface area contributed by atoms with Crippen LogP contribution in [0.3, 0.4) is 0 Å². The number of hydrogen-bond donors (Lipinski definition) is 2. The van der Waals surface area contributed by atoms with E-state index in [4.69, 9.17) is 23.2 Å². The Kier molecular flexibility index (Phi) is 5.79. The second-order valence-corrected chi connectivity index (χ2v) is 5.66. The van der Waals surface area contributed by atoms with E-state index in [1.165, 1.54) is 18.2 Å². The first kappa shape index (κ1) is 17.1. The van der Waals surface area contributed by atoms with Crippen LogP contribution in [0, 0.1) is 6.92 Å². The van der Waals surface area contributed by atoms with Crippen LogP contribution in [0.4, 0.5) is 0 Å². The van der Waals surface area contributed by atoms with Crippen LogP contribution in [0.2, 0.25) is 10.0 Å². The maximum Gasteiger partial charge on any atom is 0.271 e. The number of hydrogen-bond acceptors (Lipinski definition) is 2. The average molecular weight is 349 g/mol. The molecule has 0 saturated heterocycles. The monoisotopic (exact) mass is 348 g/mol. The molecular formula is C17H14Cl2N2O2. The molecular weight excluding hydrogens is 335 g/mol. The van der Waals surface area contributed by atoms with Gasteiger partial charge >= 0.3 is 0 Å². The Balaban J connectivity index is 1.94. The molecule has 0 unspecified atom stereocenters. The molecule has 0 atom stereocenters. The predicted molar refractivity (Wildman–Crippen MR) is 92.3 cm³/mol. The molecule has 2 N–H and O–H groups in total. The minimum atomic E-state index is -0.546. The Bertz CT molecular complexity index is 773. The number of benzene rings is 2. The fourth-order valence-corrected chi connectivity index (χ4v) is 2.22. The normalized spacial score (nSPS) is 10.6. The molecule has 0 fully saturated rings. The van der Waals surface area contributed by atoms with Crippen LogP contribution >= 0.6 is 23.2 Å². The number of carbonyl (C=O) groups excluding carboxylic acids is 2. The second-order valence-electron chi connectivity index (χ2n) is 4.82. The molecule has 0 spiro atoms. The predicted octanol–water partition coefficient (Wildman–Crippen LogP) is 3.78. The first-order valence-corrected chi connectivity index (χ1v) is 7.51. The van der Waals surface area contributed by atoms with Gasteiger partial charge in [-0.25, -0.2) is 0 Å². The quantitative estimate of drug-likeness (QED) is 0.655. The third-order valence-corrected chi connectivity index (χ3v) is 3.51. The van der Waals surface area contributed by atoms with Crippen molar-refractivity contribution in [3.63, 3.8) is 0 Å². The first-order chi connectivity index (χ1) is 11.0. The number of rotatable bonds is 3. The topological polar surface area (TPSA) is 58.2 Å². The fraction of sp³-hybridized carbons (Fsp3) is 0.0588. The number of amides is 2. The average Bonchev–Trinajstić information content (AvgIpc) is 2.53. The summed E-state index contributed by atoms with van der Waals surface area (Å²) in [4.78, 5) is 23.7. The molecule has 2 aromatic carbocycles. The molecule has 0 bridgehead atoms. The summed E-state index contributed by atoms with van der Waals surface area (Å²) in [7, 11) is 0. The Morgan fingerprint density at radius 3 is 2.57 bits per heavy atom. The van der Waals surface area contributed by atoms with Gasteiger partial charge in [-0.05, 0) is 36.8 Å². The summed E-state index contributed by atoms with van der Waals surface area (Å²) in [6.07, 6.45) is 2.98. The van der Waals surface area contributed by atoms with Gasteiger partial charge in [-0.2, -0.15) is 0 Å². The maximum atomic E-state index is 11.9. The lowest BCUT2D eigenvalue weighted by molar-refractivity contribution is -0.117. The molecule has 0 heterocycles. The molecule has 0 aliphatic rings. The highest BCUT2D eigenvalue weighted by Crippen LogP contribution is 2.20. The van der Waals surface area contributed by atoms with Crippen molar-refractivity contribution in [2.24, 2.45) is 0 Å². The van der Waals surface area contributed by atoms with Crippen molar-refractivity contribution in [1.82, 2.24) is 10.9 Å². The molecule has 2 rings (SSSR count). The molecule has 0 saturated carbocycles. The van der Waals surface area contributed by atoms with Crippen molar-refractivity contribution < 1.29 is 9.59 Å². The zero-order chi connectivity index (χ0) is 16.8. The molecule has 0 aliphatic carbocycles. The molecule has 23 heavy (non-hydrogen) atoms. The fourth-order valence-electron chi connectivity index (χ4n) is 1.84. The number of halogens is 2. The highest BCUT2D eigenvalue weighted by Gasteiger charge is 2.11.